The molecule has 0 aromatic heterocycles. The van der Waals surface area contributed by atoms with Gasteiger partial charge in [-0.3, -0.25) is 9.36 Å². The van der Waals surface area contributed by atoms with E-state index in [1.54, 1.807) is 13.8 Å². The standard InChI is InChI=1S/C9H17O4P/c1-5-9(8(4)10)14(11,12-6-2)13-7-3/h5,9H,1,6-7H2,2-4H3. The second-order valence-electron chi connectivity index (χ2n) is 2.67. The van der Waals surface area contributed by atoms with Crippen molar-refractivity contribution in [3.8, 4) is 0 Å². The second kappa shape index (κ2) is 6.12. The molecule has 0 aliphatic carbocycles. The molecule has 0 aromatic rings. The van der Waals surface area contributed by atoms with E-state index in [1.807, 2.05) is 0 Å². The van der Waals surface area contributed by atoms with Crippen LogP contribution in [0.2, 0.25) is 0 Å². The van der Waals surface area contributed by atoms with Gasteiger partial charge in [-0.25, -0.2) is 0 Å². The lowest BCUT2D eigenvalue weighted by Gasteiger charge is -2.21. The molecule has 0 aromatic carbocycles. The van der Waals surface area contributed by atoms with Gasteiger partial charge in [0.25, 0.3) is 0 Å². The topological polar surface area (TPSA) is 52.6 Å². The fourth-order valence-corrected chi connectivity index (χ4v) is 2.89. The first-order valence-electron chi connectivity index (χ1n) is 4.53. The number of rotatable bonds is 7. The van der Waals surface area contributed by atoms with Crippen LogP contribution in [0.1, 0.15) is 20.8 Å². The highest BCUT2D eigenvalue weighted by Gasteiger charge is 2.36. The van der Waals surface area contributed by atoms with Crippen LogP contribution in [-0.2, 0) is 18.4 Å². The van der Waals surface area contributed by atoms with Crippen LogP contribution in [0.4, 0.5) is 0 Å². The molecule has 1 unspecified atom stereocenters. The largest absolute Gasteiger partial charge is 0.344 e. The Morgan fingerprint density at radius 1 is 1.43 bits per heavy atom. The molecule has 0 rings (SSSR count). The molecule has 0 heterocycles. The summed E-state index contributed by atoms with van der Waals surface area (Å²) in [4.78, 5) is 11.2. The van der Waals surface area contributed by atoms with E-state index in [0.717, 1.165) is 0 Å². The molecule has 4 nitrogen and oxygen atoms in total. The first kappa shape index (κ1) is 13.6. The Kier molecular flexibility index (Phi) is 5.93. The molecule has 5 heteroatoms. The molecule has 82 valence electrons. The molecule has 0 bridgehead atoms. The van der Waals surface area contributed by atoms with Gasteiger partial charge in [-0.1, -0.05) is 6.08 Å². The minimum atomic E-state index is -3.35. The van der Waals surface area contributed by atoms with E-state index in [1.165, 1.54) is 13.0 Å². The molecule has 0 amide bonds. The molecule has 0 fully saturated rings. The number of carbonyl (C=O) groups is 1. The van der Waals surface area contributed by atoms with E-state index in [9.17, 15) is 9.36 Å². The van der Waals surface area contributed by atoms with Gasteiger partial charge in [-0.15, -0.1) is 6.58 Å². The first-order chi connectivity index (χ1) is 6.51. The molecule has 0 saturated carbocycles. The second-order valence-corrected chi connectivity index (χ2v) is 4.82. The Morgan fingerprint density at radius 3 is 2.07 bits per heavy atom. The van der Waals surface area contributed by atoms with Crippen molar-refractivity contribution in [3.05, 3.63) is 12.7 Å². The molecule has 0 spiro atoms. The van der Waals surface area contributed by atoms with Crippen molar-refractivity contribution in [2.24, 2.45) is 0 Å². The molecule has 0 aliphatic heterocycles. The molecule has 0 aliphatic rings. The molecular weight excluding hydrogens is 203 g/mol. The van der Waals surface area contributed by atoms with Crippen LogP contribution in [0.3, 0.4) is 0 Å². The van der Waals surface area contributed by atoms with Crippen molar-refractivity contribution in [3.63, 3.8) is 0 Å². The predicted octanol–water partition coefficient (Wildman–Crippen LogP) is 2.40. The lowest BCUT2D eigenvalue weighted by atomic mass is 10.3. The lowest BCUT2D eigenvalue weighted by Crippen LogP contribution is -2.18. The van der Waals surface area contributed by atoms with Gasteiger partial charge >= 0.3 is 7.60 Å². The lowest BCUT2D eigenvalue weighted by molar-refractivity contribution is -0.116. The zero-order chi connectivity index (χ0) is 11.2. The van der Waals surface area contributed by atoms with E-state index in [0.29, 0.717) is 0 Å². The van der Waals surface area contributed by atoms with Gasteiger partial charge in [0.2, 0.25) is 0 Å². The summed E-state index contributed by atoms with van der Waals surface area (Å²) in [5, 5.41) is 0. The zero-order valence-corrected chi connectivity index (χ0v) is 9.75. The highest BCUT2D eigenvalue weighted by molar-refractivity contribution is 7.56. The summed E-state index contributed by atoms with van der Waals surface area (Å²) in [6, 6.07) is 0. The average molecular weight is 220 g/mol. The molecule has 0 radical (unpaired) electrons. The Bertz CT molecular complexity index is 239. The number of ketones is 1. The van der Waals surface area contributed by atoms with Gasteiger partial charge in [-0.2, -0.15) is 0 Å². The predicted molar refractivity (Wildman–Crippen MR) is 55.5 cm³/mol. The fraction of sp³-hybridized carbons (Fsp3) is 0.667. The van der Waals surface area contributed by atoms with Gasteiger partial charge in [0, 0.05) is 0 Å². The highest BCUT2D eigenvalue weighted by Crippen LogP contribution is 2.53. The Labute approximate surface area is 84.8 Å². The Morgan fingerprint density at radius 2 is 1.86 bits per heavy atom. The van der Waals surface area contributed by atoms with E-state index in [2.05, 4.69) is 6.58 Å². The number of hydrogen-bond acceptors (Lipinski definition) is 4. The van der Waals surface area contributed by atoms with Crippen molar-refractivity contribution in [2.75, 3.05) is 13.2 Å². The van der Waals surface area contributed by atoms with Crippen LogP contribution in [0, 0.1) is 0 Å². The summed E-state index contributed by atoms with van der Waals surface area (Å²) in [7, 11) is -3.35. The average Bonchev–Trinajstić information content (AvgIpc) is 2.04. The van der Waals surface area contributed by atoms with Crippen LogP contribution >= 0.6 is 7.60 Å². The van der Waals surface area contributed by atoms with E-state index < -0.39 is 13.3 Å². The Hall–Kier alpha value is -0.440. The van der Waals surface area contributed by atoms with Crippen LogP contribution < -0.4 is 0 Å². The molecule has 1 atom stereocenters. The summed E-state index contributed by atoms with van der Waals surface area (Å²) >= 11 is 0. The smallest absolute Gasteiger partial charge is 0.308 e. The molecule has 0 N–H and O–H groups in total. The van der Waals surface area contributed by atoms with E-state index in [4.69, 9.17) is 9.05 Å². The minimum absolute atomic E-state index is 0.245. The summed E-state index contributed by atoms with van der Waals surface area (Å²) in [5.41, 5.74) is -0.859. The molecule has 0 saturated heterocycles. The SMILES string of the molecule is C=CC(C(C)=O)P(=O)(OCC)OCC. The van der Waals surface area contributed by atoms with Gasteiger partial charge < -0.3 is 9.05 Å². The Balaban J connectivity index is 4.85. The summed E-state index contributed by atoms with van der Waals surface area (Å²) in [6.45, 7) is 8.69. The minimum Gasteiger partial charge on any atom is -0.308 e. The normalized spacial score (nSPS) is 13.6. The van der Waals surface area contributed by atoms with Gasteiger partial charge in [0.15, 0.2) is 0 Å². The molecular formula is C9H17O4P. The van der Waals surface area contributed by atoms with E-state index >= 15 is 0 Å². The fourth-order valence-electron chi connectivity index (χ4n) is 1.08. The monoisotopic (exact) mass is 220 g/mol. The maximum Gasteiger partial charge on any atom is 0.344 e. The number of allylic oxidation sites excluding steroid dienone is 1. The zero-order valence-electron chi connectivity index (χ0n) is 8.86. The third-order valence-electron chi connectivity index (χ3n) is 1.60. The van der Waals surface area contributed by atoms with Crippen LogP contribution in [0.15, 0.2) is 12.7 Å². The van der Waals surface area contributed by atoms with Crippen molar-refractivity contribution < 1.29 is 18.4 Å². The maximum atomic E-state index is 12.0. The van der Waals surface area contributed by atoms with Crippen molar-refractivity contribution in [1.82, 2.24) is 0 Å². The van der Waals surface area contributed by atoms with Crippen LogP contribution in [0.5, 0.6) is 0 Å². The maximum absolute atomic E-state index is 12.0. The van der Waals surface area contributed by atoms with Gasteiger partial charge in [0.1, 0.15) is 11.4 Å². The number of carbonyl (C=O) groups excluding carboxylic acids is 1. The van der Waals surface area contributed by atoms with Crippen molar-refractivity contribution >= 4 is 13.4 Å². The van der Waals surface area contributed by atoms with Crippen LogP contribution in [0.25, 0.3) is 0 Å². The van der Waals surface area contributed by atoms with Gasteiger partial charge in [-0.05, 0) is 20.8 Å². The quantitative estimate of drug-likeness (QED) is 0.488. The van der Waals surface area contributed by atoms with Gasteiger partial charge in [0.05, 0.1) is 13.2 Å². The third kappa shape index (κ3) is 3.37. The van der Waals surface area contributed by atoms with Crippen molar-refractivity contribution in [1.29, 1.82) is 0 Å². The summed E-state index contributed by atoms with van der Waals surface area (Å²) in [5.74, 6) is -0.259. The first-order valence-corrected chi connectivity index (χ1v) is 6.14. The summed E-state index contributed by atoms with van der Waals surface area (Å²) in [6.07, 6.45) is 1.31. The number of Topliss-reactive ketones (excluding diaryl/α,β-unsaturated/α-hetero) is 1. The third-order valence-corrected chi connectivity index (χ3v) is 4.09. The number of hydrogen-bond donors (Lipinski definition) is 0. The highest BCUT2D eigenvalue weighted by atomic mass is 31.2. The molecule has 14 heavy (non-hydrogen) atoms. The van der Waals surface area contributed by atoms with Crippen LogP contribution in [-0.4, -0.2) is 24.7 Å². The van der Waals surface area contributed by atoms with E-state index in [-0.39, 0.29) is 19.0 Å². The summed E-state index contributed by atoms with van der Waals surface area (Å²) < 4.78 is 22.1. The van der Waals surface area contributed by atoms with Crippen molar-refractivity contribution in [2.45, 2.75) is 26.4 Å².